The number of ether oxygens (including phenoxy) is 1. The zero-order chi connectivity index (χ0) is 15.2. The first-order valence-electron chi connectivity index (χ1n) is 7.49. The third kappa shape index (κ3) is 3.96. The number of amides is 2. The van der Waals surface area contributed by atoms with Crippen LogP contribution < -0.4 is 5.32 Å². The third-order valence-electron chi connectivity index (χ3n) is 4.12. The normalized spacial score (nSPS) is 24.4. The fourth-order valence-corrected chi connectivity index (χ4v) is 2.76. The Morgan fingerprint density at radius 2 is 2.10 bits per heavy atom. The van der Waals surface area contributed by atoms with Crippen molar-refractivity contribution in [3.8, 4) is 12.3 Å². The summed E-state index contributed by atoms with van der Waals surface area (Å²) in [5.74, 6) is 2.42. The first kappa shape index (κ1) is 15.8. The fourth-order valence-electron chi connectivity index (χ4n) is 2.76. The Morgan fingerprint density at radius 3 is 2.67 bits per heavy atom. The number of carbonyl (C=O) groups is 2. The van der Waals surface area contributed by atoms with E-state index in [1.165, 1.54) is 0 Å². The zero-order valence-electron chi connectivity index (χ0n) is 12.5. The monoisotopic (exact) mass is 293 g/mol. The van der Waals surface area contributed by atoms with Crippen LogP contribution in [0.2, 0.25) is 0 Å². The average Bonchev–Trinajstić information content (AvgIpc) is 3.05. The van der Waals surface area contributed by atoms with Crippen LogP contribution in [-0.2, 0) is 14.3 Å². The van der Waals surface area contributed by atoms with Crippen molar-refractivity contribution in [3.63, 3.8) is 0 Å². The molecule has 0 aromatic rings. The predicted octanol–water partition coefficient (Wildman–Crippen LogP) is -0.552. The Hall–Kier alpha value is -1.58. The Balaban J connectivity index is 1.78. The number of terminal acetylenes is 1. The van der Waals surface area contributed by atoms with E-state index in [9.17, 15) is 9.59 Å². The number of hydrogen-bond acceptors (Lipinski definition) is 4. The lowest BCUT2D eigenvalue weighted by atomic mass is 10.1. The van der Waals surface area contributed by atoms with Crippen molar-refractivity contribution in [2.24, 2.45) is 0 Å². The van der Waals surface area contributed by atoms with E-state index >= 15 is 0 Å². The molecule has 6 nitrogen and oxygen atoms in total. The van der Waals surface area contributed by atoms with Crippen molar-refractivity contribution in [1.82, 2.24) is 15.1 Å². The number of hydrogen-bond donors (Lipinski definition) is 1. The third-order valence-corrected chi connectivity index (χ3v) is 4.12. The molecule has 21 heavy (non-hydrogen) atoms. The van der Waals surface area contributed by atoms with Crippen LogP contribution in [0.3, 0.4) is 0 Å². The van der Waals surface area contributed by atoms with Gasteiger partial charge in [0.05, 0.1) is 12.6 Å². The lowest BCUT2D eigenvalue weighted by Gasteiger charge is -2.38. The van der Waals surface area contributed by atoms with Gasteiger partial charge in [0.1, 0.15) is 6.10 Å². The molecule has 116 valence electrons. The highest BCUT2D eigenvalue weighted by molar-refractivity contribution is 5.82. The SMILES string of the molecule is C#CCNC(=O)C(C)N1CCN(C(=O)C2CCCO2)CC1. The molecule has 2 unspecified atom stereocenters. The van der Waals surface area contributed by atoms with Crippen molar-refractivity contribution in [2.45, 2.75) is 31.9 Å². The molecule has 2 saturated heterocycles. The molecule has 1 N–H and O–H groups in total. The minimum atomic E-state index is -0.257. The van der Waals surface area contributed by atoms with Crippen molar-refractivity contribution < 1.29 is 14.3 Å². The molecule has 2 aliphatic heterocycles. The number of nitrogens with one attached hydrogen (secondary N) is 1. The highest BCUT2D eigenvalue weighted by Crippen LogP contribution is 2.16. The maximum atomic E-state index is 12.2. The molecule has 0 saturated carbocycles. The number of rotatable bonds is 4. The molecule has 2 atom stereocenters. The van der Waals surface area contributed by atoms with E-state index in [0.717, 1.165) is 12.8 Å². The lowest BCUT2D eigenvalue weighted by molar-refractivity contribution is -0.143. The summed E-state index contributed by atoms with van der Waals surface area (Å²) in [6.07, 6.45) is 6.66. The van der Waals surface area contributed by atoms with Crippen LogP contribution in [0.4, 0.5) is 0 Å². The number of nitrogens with zero attached hydrogens (tertiary/aromatic N) is 2. The van der Waals surface area contributed by atoms with Gasteiger partial charge in [-0.2, -0.15) is 0 Å². The highest BCUT2D eigenvalue weighted by atomic mass is 16.5. The molecular formula is C15H23N3O3. The van der Waals surface area contributed by atoms with E-state index in [-0.39, 0.29) is 30.5 Å². The predicted molar refractivity (Wildman–Crippen MR) is 78.4 cm³/mol. The molecule has 2 fully saturated rings. The summed E-state index contributed by atoms with van der Waals surface area (Å²) in [4.78, 5) is 28.0. The van der Waals surface area contributed by atoms with Gasteiger partial charge in [-0.15, -0.1) is 6.42 Å². The molecule has 2 aliphatic rings. The van der Waals surface area contributed by atoms with Gasteiger partial charge in [-0.05, 0) is 19.8 Å². The summed E-state index contributed by atoms with van der Waals surface area (Å²) in [5.41, 5.74) is 0. The van der Waals surface area contributed by atoms with Gasteiger partial charge in [0.15, 0.2) is 0 Å². The molecule has 0 spiro atoms. The summed E-state index contributed by atoms with van der Waals surface area (Å²) >= 11 is 0. The molecule has 0 aromatic carbocycles. The second-order valence-corrected chi connectivity index (χ2v) is 5.46. The van der Waals surface area contributed by atoms with E-state index < -0.39 is 0 Å². The van der Waals surface area contributed by atoms with Gasteiger partial charge in [0.25, 0.3) is 5.91 Å². The Bertz CT molecular complexity index is 418. The van der Waals surface area contributed by atoms with Crippen molar-refractivity contribution in [3.05, 3.63) is 0 Å². The van der Waals surface area contributed by atoms with Crippen molar-refractivity contribution >= 4 is 11.8 Å². The van der Waals surface area contributed by atoms with Gasteiger partial charge in [-0.1, -0.05) is 5.92 Å². The zero-order valence-corrected chi connectivity index (χ0v) is 12.5. The minimum absolute atomic E-state index is 0.0631. The highest BCUT2D eigenvalue weighted by Gasteiger charge is 2.32. The molecular weight excluding hydrogens is 270 g/mol. The maximum absolute atomic E-state index is 12.2. The van der Waals surface area contributed by atoms with Gasteiger partial charge in [0, 0.05) is 32.8 Å². The van der Waals surface area contributed by atoms with Crippen LogP contribution in [0.5, 0.6) is 0 Å². The van der Waals surface area contributed by atoms with E-state index in [2.05, 4.69) is 16.1 Å². The Labute approximate surface area is 125 Å². The first-order chi connectivity index (χ1) is 10.1. The Kier molecular flexibility index (Phi) is 5.59. The van der Waals surface area contributed by atoms with E-state index in [1.807, 2.05) is 11.8 Å². The summed E-state index contributed by atoms with van der Waals surface area (Å²) in [6, 6.07) is -0.224. The van der Waals surface area contributed by atoms with E-state index in [0.29, 0.717) is 32.8 Å². The van der Waals surface area contributed by atoms with Gasteiger partial charge in [0.2, 0.25) is 5.91 Å². The molecule has 2 heterocycles. The topological polar surface area (TPSA) is 61.9 Å². The molecule has 0 bridgehead atoms. The van der Waals surface area contributed by atoms with E-state index in [4.69, 9.17) is 11.2 Å². The minimum Gasteiger partial charge on any atom is -0.368 e. The molecule has 0 aliphatic carbocycles. The van der Waals surface area contributed by atoms with Crippen molar-refractivity contribution in [1.29, 1.82) is 0 Å². The van der Waals surface area contributed by atoms with E-state index in [1.54, 1.807) is 0 Å². The lowest BCUT2D eigenvalue weighted by Crippen LogP contribution is -2.56. The summed E-state index contributed by atoms with van der Waals surface area (Å²) in [5, 5.41) is 2.69. The fraction of sp³-hybridized carbons (Fsp3) is 0.733. The second kappa shape index (κ2) is 7.43. The van der Waals surface area contributed by atoms with Crippen LogP contribution >= 0.6 is 0 Å². The quantitative estimate of drug-likeness (QED) is 0.706. The maximum Gasteiger partial charge on any atom is 0.251 e. The molecule has 0 aromatic heterocycles. The largest absolute Gasteiger partial charge is 0.368 e. The van der Waals surface area contributed by atoms with Gasteiger partial charge < -0.3 is 15.0 Å². The van der Waals surface area contributed by atoms with Gasteiger partial charge in [-0.3, -0.25) is 14.5 Å². The summed E-state index contributed by atoms with van der Waals surface area (Å²) in [7, 11) is 0. The Morgan fingerprint density at radius 1 is 1.38 bits per heavy atom. The van der Waals surface area contributed by atoms with Crippen LogP contribution in [0.1, 0.15) is 19.8 Å². The average molecular weight is 293 g/mol. The second-order valence-electron chi connectivity index (χ2n) is 5.46. The van der Waals surface area contributed by atoms with Crippen LogP contribution in [0.25, 0.3) is 0 Å². The first-order valence-corrected chi connectivity index (χ1v) is 7.49. The molecule has 2 amide bonds. The standard InChI is InChI=1S/C15H23N3O3/c1-3-6-16-14(19)12(2)17-7-9-18(10-8-17)15(20)13-5-4-11-21-13/h1,12-13H,4-11H2,2H3,(H,16,19). The van der Waals surface area contributed by atoms with Crippen molar-refractivity contribution in [2.75, 3.05) is 39.3 Å². The number of piperazine rings is 1. The summed E-state index contributed by atoms with van der Waals surface area (Å²) < 4.78 is 5.44. The molecule has 2 rings (SSSR count). The van der Waals surface area contributed by atoms with Crippen LogP contribution in [0.15, 0.2) is 0 Å². The van der Waals surface area contributed by atoms with Gasteiger partial charge >= 0.3 is 0 Å². The van der Waals surface area contributed by atoms with Crippen LogP contribution in [-0.4, -0.2) is 73.1 Å². The molecule has 0 radical (unpaired) electrons. The van der Waals surface area contributed by atoms with Crippen LogP contribution in [0, 0.1) is 12.3 Å². The number of carbonyl (C=O) groups excluding carboxylic acids is 2. The van der Waals surface area contributed by atoms with Gasteiger partial charge in [-0.25, -0.2) is 0 Å². The summed E-state index contributed by atoms with van der Waals surface area (Å²) in [6.45, 7) is 5.48. The smallest absolute Gasteiger partial charge is 0.251 e. The molecule has 6 heteroatoms.